The Bertz CT molecular complexity index is 718. The lowest BCUT2D eigenvalue weighted by molar-refractivity contribution is 0.400. The molecule has 0 saturated carbocycles. The molecule has 1 unspecified atom stereocenters. The predicted octanol–water partition coefficient (Wildman–Crippen LogP) is 5.86. The van der Waals surface area contributed by atoms with Gasteiger partial charge in [0.1, 0.15) is 6.10 Å². The van der Waals surface area contributed by atoms with Gasteiger partial charge in [0.2, 0.25) is 0 Å². The zero-order valence-corrected chi connectivity index (χ0v) is 15.1. The van der Waals surface area contributed by atoms with E-state index in [1.807, 2.05) is 6.92 Å². The Morgan fingerprint density at radius 1 is 0.960 bits per heavy atom. The maximum absolute atomic E-state index is 14.4. The number of hydrogen-bond acceptors (Lipinski definition) is 1. The van der Waals surface area contributed by atoms with Crippen LogP contribution in [0.15, 0.2) is 30.3 Å². The lowest BCUT2D eigenvalue weighted by atomic mass is 9.96. The van der Waals surface area contributed by atoms with Crippen LogP contribution in [0.25, 0.3) is 0 Å². The minimum Gasteiger partial charge on any atom is -0.368 e. The molecule has 1 saturated heterocycles. The van der Waals surface area contributed by atoms with Crippen LogP contribution in [0.3, 0.4) is 0 Å². The second-order valence-electron chi connectivity index (χ2n) is 6.98. The van der Waals surface area contributed by atoms with Crippen LogP contribution in [0, 0.1) is 18.6 Å². The Balaban J connectivity index is 1.64. The van der Waals surface area contributed by atoms with Crippen LogP contribution in [0.2, 0.25) is 0 Å². The van der Waals surface area contributed by atoms with Gasteiger partial charge in [-0.3, -0.25) is 0 Å². The van der Waals surface area contributed by atoms with Crippen molar-refractivity contribution < 1.29 is 13.5 Å². The van der Waals surface area contributed by atoms with Gasteiger partial charge in [0.15, 0.2) is 11.6 Å². The standard InChI is InChI=1S/C22H26F2O/c1-3-4-5-6-16-7-9-17(10-8-16)11-12-18-15(2)13-19(20-14-25-20)22(24)21(18)23/h7-10,13,20H,3-6,11-12,14H2,1-2H3. The molecule has 1 atom stereocenters. The van der Waals surface area contributed by atoms with E-state index in [1.54, 1.807) is 6.07 Å². The molecule has 1 aliphatic heterocycles. The summed E-state index contributed by atoms with van der Waals surface area (Å²) < 4.78 is 33.7. The van der Waals surface area contributed by atoms with Crippen molar-refractivity contribution in [2.45, 2.75) is 58.5 Å². The number of aryl methyl sites for hydroxylation is 3. The highest BCUT2D eigenvalue weighted by molar-refractivity contribution is 5.37. The lowest BCUT2D eigenvalue weighted by Gasteiger charge is -2.11. The zero-order valence-electron chi connectivity index (χ0n) is 15.1. The summed E-state index contributed by atoms with van der Waals surface area (Å²) in [6.07, 6.45) is 5.77. The van der Waals surface area contributed by atoms with Crippen molar-refractivity contribution in [3.8, 4) is 0 Å². The summed E-state index contributed by atoms with van der Waals surface area (Å²) in [4.78, 5) is 0. The molecule has 0 spiro atoms. The van der Waals surface area contributed by atoms with Crippen LogP contribution >= 0.6 is 0 Å². The fourth-order valence-corrected chi connectivity index (χ4v) is 3.31. The molecule has 1 nitrogen and oxygen atoms in total. The highest BCUT2D eigenvalue weighted by Gasteiger charge is 2.30. The molecule has 25 heavy (non-hydrogen) atoms. The minimum absolute atomic E-state index is 0.262. The van der Waals surface area contributed by atoms with Crippen LogP contribution in [0.4, 0.5) is 8.78 Å². The van der Waals surface area contributed by atoms with Gasteiger partial charge in [0, 0.05) is 5.56 Å². The van der Waals surface area contributed by atoms with Crippen LogP contribution < -0.4 is 0 Å². The smallest absolute Gasteiger partial charge is 0.165 e. The molecule has 1 aliphatic rings. The molecule has 3 heteroatoms. The summed E-state index contributed by atoms with van der Waals surface area (Å²) >= 11 is 0. The first-order valence-electron chi connectivity index (χ1n) is 9.27. The average Bonchev–Trinajstić information content (AvgIpc) is 3.44. The molecule has 0 N–H and O–H groups in total. The fraction of sp³-hybridized carbons (Fsp3) is 0.455. The highest BCUT2D eigenvalue weighted by atomic mass is 19.2. The summed E-state index contributed by atoms with van der Waals surface area (Å²) in [7, 11) is 0. The fourth-order valence-electron chi connectivity index (χ4n) is 3.31. The van der Waals surface area contributed by atoms with E-state index >= 15 is 0 Å². The highest BCUT2D eigenvalue weighted by Crippen LogP contribution is 2.35. The van der Waals surface area contributed by atoms with Gasteiger partial charge < -0.3 is 4.74 Å². The van der Waals surface area contributed by atoms with Gasteiger partial charge >= 0.3 is 0 Å². The normalized spacial score (nSPS) is 16.2. The number of benzene rings is 2. The molecule has 0 bridgehead atoms. The summed E-state index contributed by atoms with van der Waals surface area (Å²) in [5.74, 6) is -1.45. The number of halogens is 2. The van der Waals surface area contributed by atoms with Crippen LogP contribution in [0.1, 0.15) is 60.1 Å². The molecule has 3 rings (SSSR count). The molecule has 2 aromatic carbocycles. The van der Waals surface area contributed by atoms with Gasteiger partial charge in [-0.15, -0.1) is 0 Å². The molecule has 0 aliphatic carbocycles. The predicted molar refractivity (Wildman–Crippen MR) is 96.9 cm³/mol. The van der Waals surface area contributed by atoms with E-state index in [0.29, 0.717) is 30.6 Å². The van der Waals surface area contributed by atoms with E-state index < -0.39 is 11.6 Å². The van der Waals surface area contributed by atoms with E-state index in [9.17, 15) is 8.78 Å². The topological polar surface area (TPSA) is 12.5 Å². The summed E-state index contributed by atoms with van der Waals surface area (Å²) in [5, 5.41) is 0. The van der Waals surface area contributed by atoms with Gasteiger partial charge in [-0.25, -0.2) is 8.78 Å². The summed E-state index contributed by atoms with van der Waals surface area (Å²) in [6, 6.07) is 10.3. The Morgan fingerprint density at radius 3 is 2.20 bits per heavy atom. The molecule has 0 aromatic heterocycles. The van der Waals surface area contributed by atoms with Crippen molar-refractivity contribution in [2.24, 2.45) is 0 Å². The Hall–Kier alpha value is -1.74. The second kappa shape index (κ2) is 8.09. The third kappa shape index (κ3) is 4.46. The van der Waals surface area contributed by atoms with Gasteiger partial charge in [-0.1, -0.05) is 44.0 Å². The SMILES string of the molecule is CCCCCc1ccc(CCc2c(C)cc(C3CO3)c(F)c2F)cc1. The van der Waals surface area contributed by atoms with Crippen molar-refractivity contribution in [2.75, 3.05) is 6.61 Å². The Labute approximate surface area is 149 Å². The molecule has 2 aromatic rings. The van der Waals surface area contributed by atoms with E-state index in [1.165, 1.54) is 24.8 Å². The minimum atomic E-state index is -0.741. The first-order valence-corrected chi connectivity index (χ1v) is 9.27. The van der Waals surface area contributed by atoms with Gasteiger partial charge in [0.05, 0.1) is 6.61 Å². The number of unbranched alkanes of at least 4 members (excludes halogenated alkanes) is 2. The molecule has 1 fully saturated rings. The van der Waals surface area contributed by atoms with Crippen LogP contribution in [0.5, 0.6) is 0 Å². The van der Waals surface area contributed by atoms with E-state index in [-0.39, 0.29) is 6.10 Å². The first kappa shape index (κ1) is 18.1. The van der Waals surface area contributed by atoms with E-state index in [2.05, 4.69) is 31.2 Å². The monoisotopic (exact) mass is 344 g/mol. The number of epoxide rings is 1. The molecule has 0 amide bonds. The van der Waals surface area contributed by atoms with Crippen LogP contribution in [-0.2, 0) is 24.0 Å². The third-order valence-electron chi connectivity index (χ3n) is 4.99. The molecule has 134 valence electrons. The second-order valence-corrected chi connectivity index (χ2v) is 6.98. The van der Waals surface area contributed by atoms with E-state index in [0.717, 1.165) is 17.5 Å². The van der Waals surface area contributed by atoms with Gasteiger partial charge in [0.25, 0.3) is 0 Å². The molecule has 0 radical (unpaired) electrons. The maximum Gasteiger partial charge on any atom is 0.165 e. The van der Waals surface area contributed by atoms with Crippen molar-refractivity contribution in [1.82, 2.24) is 0 Å². The van der Waals surface area contributed by atoms with Gasteiger partial charge in [-0.05, 0) is 60.9 Å². The van der Waals surface area contributed by atoms with Crippen LogP contribution in [-0.4, -0.2) is 6.61 Å². The molecular weight excluding hydrogens is 318 g/mol. The quantitative estimate of drug-likeness (QED) is 0.431. The average molecular weight is 344 g/mol. The van der Waals surface area contributed by atoms with Crippen molar-refractivity contribution in [3.05, 3.63) is 69.8 Å². The van der Waals surface area contributed by atoms with Gasteiger partial charge in [-0.2, -0.15) is 0 Å². The number of rotatable bonds is 8. The van der Waals surface area contributed by atoms with Crippen molar-refractivity contribution >= 4 is 0 Å². The molecule has 1 heterocycles. The maximum atomic E-state index is 14.4. The summed E-state index contributed by atoms with van der Waals surface area (Å²) in [6.45, 7) is 4.54. The zero-order chi connectivity index (χ0) is 17.8. The first-order chi connectivity index (χ1) is 12.1. The lowest BCUT2D eigenvalue weighted by Crippen LogP contribution is -2.04. The summed E-state index contributed by atoms with van der Waals surface area (Å²) in [5.41, 5.74) is 4.15. The van der Waals surface area contributed by atoms with Crippen molar-refractivity contribution in [3.63, 3.8) is 0 Å². The van der Waals surface area contributed by atoms with Crippen molar-refractivity contribution in [1.29, 1.82) is 0 Å². The Morgan fingerprint density at radius 2 is 1.60 bits per heavy atom. The Kier molecular flexibility index (Phi) is 5.85. The number of hydrogen-bond donors (Lipinski definition) is 0. The third-order valence-corrected chi connectivity index (χ3v) is 4.99. The van der Waals surface area contributed by atoms with E-state index in [4.69, 9.17) is 4.74 Å². The largest absolute Gasteiger partial charge is 0.368 e. The molecular formula is C22H26F2O. The number of ether oxygens (including phenoxy) is 1.